The standard InChI is InChI=1S/C10H21O2/c1-4-7-8-9-10(11-5-2)12-6-3/h5,10H,4,6-9H2,1-3H3. The molecule has 12 heavy (non-hydrogen) atoms. The molecule has 1 radical (unpaired) electrons. The topological polar surface area (TPSA) is 18.5 Å². The SMILES string of the molecule is C[CH]OC(CCCCC)OCC. The van der Waals surface area contributed by atoms with Crippen LogP contribution in [0.2, 0.25) is 0 Å². The minimum Gasteiger partial charge on any atom is -0.353 e. The third-order valence-electron chi connectivity index (χ3n) is 1.68. The summed E-state index contributed by atoms with van der Waals surface area (Å²) in [6.07, 6.45) is 4.68. The summed E-state index contributed by atoms with van der Waals surface area (Å²) in [5.41, 5.74) is 0. The molecule has 0 aliphatic carbocycles. The maximum Gasteiger partial charge on any atom is 0.158 e. The van der Waals surface area contributed by atoms with Crippen molar-refractivity contribution >= 4 is 0 Å². The summed E-state index contributed by atoms with van der Waals surface area (Å²) in [4.78, 5) is 0. The molecule has 1 unspecified atom stereocenters. The number of hydrogen-bond acceptors (Lipinski definition) is 2. The Labute approximate surface area is 76.3 Å². The van der Waals surface area contributed by atoms with Crippen LogP contribution in [0.4, 0.5) is 0 Å². The second-order valence-electron chi connectivity index (χ2n) is 2.75. The molecule has 0 heterocycles. The van der Waals surface area contributed by atoms with Gasteiger partial charge >= 0.3 is 0 Å². The number of ether oxygens (including phenoxy) is 2. The number of unbranched alkanes of at least 4 members (excludes halogenated alkanes) is 2. The van der Waals surface area contributed by atoms with Crippen molar-refractivity contribution in [3.05, 3.63) is 6.61 Å². The third kappa shape index (κ3) is 6.62. The molecular weight excluding hydrogens is 152 g/mol. The molecule has 0 rings (SSSR count). The summed E-state index contributed by atoms with van der Waals surface area (Å²) < 4.78 is 10.7. The van der Waals surface area contributed by atoms with Crippen molar-refractivity contribution in [2.45, 2.75) is 52.7 Å². The van der Waals surface area contributed by atoms with Crippen LogP contribution < -0.4 is 0 Å². The summed E-state index contributed by atoms with van der Waals surface area (Å²) in [5, 5.41) is 0. The van der Waals surface area contributed by atoms with Crippen molar-refractivity contribution in [1.29, 1.82) is 0 Å². The lowest BCUT2D eigenvalue weighted by Crippen LogP contribution is -2.15. The monoisotopic (exact) mass is 173 g/mol. The normalized spacial score (nSPS) is 11.0. The minimum atomic E-state index is -0.0217. The van der Waals surface area contributed by atoms with E-state index in [1.807, 2.05) is 13.8 Å². The van der Waals surface area contributed by atoms with E-state index in [1.165, 1.54) is 19.3 Å². The Bertz CT molecular complexity index is 77.9. The molecule has 1 atom stereocenters. The van der Waals surface area contributed by atoms with Crippen LogP contribution in [0.5, 0.6) is 0 Å². The van der Waals surface area contributed by atoms with E-state index in [9.17, 15) is 0 Å². The first kappa shape index (κ1) is 11.9. The van der Waals surface area contributed by atoms with Crippen molar-refractivity contribution in [2.75, 3.05) is 6.61 Å². The Kier molecular flexibility index (Phi) is 8.95. The number of rotatable bonds is 8. The zero-order valence-corrected chi connectivity index (χ0v) is 8.51. The maximum atomic E-state index is 5.38. The van der Waals surface area contributed by atoms with Gasteiger partial charge in [-0.1, -0.05) is 19.8 Å². The van der Waals surface area contributed by atoms with Gasteiger partial charge in [-0.05, 0) is 26.7 Å². The Balaban J connectivity index is 3.34. The molecular formula is C10H21O2. The molecule has 0 amide bonds. The largest absolute Gasteiger partial charge is 0.353 e. The molecule has 73 valence electrons. The summed E-state index contributed by atoms with van der Waals surface area (Å²) in [7, 11) is 0. The zero-order valence-electron chi connectivity index (χ0n) is 8.51. The first-order chi connectivity index (χ1) is 5.85. The first-order valence-electron chi connectivity index (χ1n) is 4.90. The fraction of sp³-hybridized carbons (Fsp3) is 0.900. The van der Waals surface area contributed by atoms with Gasteiger partial charge in [-0.15, -0.1) is 0 Å². The Morgan fingerprint density at radius 2 is 2.00 bits per heavy atom. The summed E-state index contributed by atoms with van der Waals surface area (Å²) in [6.45, 7) is 8.50. The molecule has 0 aromatic rings. The van der Waals surface area contributed by atoms with Crippen LogP contribution in [0.25, 0.3) is 0 Å². The van der Waals surface area contributed by atoms with Crippen molar-refractivity contribution in [3.8, 4) is 0 Å². The highest BCUT2D eigenvalue weighted by Crippen LogP contribution is 2.08. The summed E-state index contributed by atoms with van der Waals surface area (Å²) >= 11 is 0. The van der Waals surface area contributed by atoms with Gasteiger partial charge in [0.2, 0.25) is 0 Å². The highest BCUT2D eigenvalue weighted by Gasteiger charge is 2.06. The van der Waals surface area contributed by atoms with E-state index in [0.29, 0.717) is 0 Å². The lowest BCUT2D eigenvalue weighted by Gasteiger charge is -2.15. The van der Waals surface area contributed by atoms with E-state index in [4.69, 9.17) is 9.47 Å². The minimum absolute atomic E-state index is 0.0217. The fourth-order valence-corrected chi connectivity index (χ4v) is 1.09. The molecule has 0 bridgehead atoms. The second kappa shape index (κ2) is 9.01. The average molecular weight is 173 g/mol. The third-order valence-corrected chi connectivity index (χ3v) is 1.68. The maximum absolute atomic E-state index is 5.38. The van der Waals surface area contributed by atoms with Gasteiger partial charge in [0.05, 0.1) is 6.61 Å². The van der Waals surface area contributed by atoms with Crippen molar-refractivity contribution in [1.82, 2.24) is 0 Å². The summed E-state index contributed by atoms with van der Waals surface area (Å²) in [5.74, 6) is 0. The van der Waals surface area contributed by atoms with Gasteiger partial charge < -0.3 is 9.47 Å². The van der Waals surface area contributed by atoms with Crippen molar-refractivity contribution < 1.29 is 9.47 Å². The van der Waals surface area contributed by atoms with E-state index in [1.54, 1.807) is 6.61 Å². The highest BCUT2D eigenvalue weighted by atomic mass is 16.7. The van der Waals surface area contributed by atoms with E-state index >= 15 is 0 Å². The van der Waals surface area contributed by atoms with Gasteiger partial charge in [-0.2, -0.15) is 0 Å². The Morgan fingerprint density at radius 1 is 1.25 bits per heavy atom. The molecule has 0 spiro atoms. The zero-order chi connectivity index (χ0) is 9.23. The van der Waals surface area contributed by atoms with Crippen LogP contribution in [0.3, 0.4) is 0 Å². The molecule has 0 aromatic carbocycles. The lowest BCUT2D eigenvalue weighted by molar-refractivity contribution is -0.120. The van der Waals surface area contributed by atoms with Gasteiger partial charge in [0.15, 0.2) is 6.29 Å². The molecule has 0 aliphatic rings. The van der Waals surface area contributed by atoms with E-state index in [0.717, 1.165) is 13.0 Å². The van der Waals surface area contributed by atoms with E-state index in [2.05, 4.69) is 6.92 Å². The highest BCUT2D eigenvalue weighted by molar-refractivity contribution is 4.49. The van der Waals surface area contributed by atoms with E-state index < -0.39 is 0 Å². The molecule has 0 fully saturated rings. The Morgan fingerprint density at radius 3 is 2.50 bits per heavy atom. The first-order valence-corrected chi connectivity index (χ1v) is 4.90. The van der Waals surface area contributed by atoms with Gasteiger partial charge in [0.25, 0.3) is 0 Å². The van der Waals surface area contributed by atoms with Crippen LogP contribution in [-0.2, 0) is 9.47 Å². The quantitative estimate of drug-likeness (QED) is 0.415. The van der Waals surface area contributed by atoms with Crippen LogP contribution in [0, 0.1) is 6.61 Å². The van der Waals surface area contributed by atoms with Crippen LogP contribution in [-0.4, -0.2) is 12.9 Å². The predicted octanol–water partition coefficient (Wildman–Crippen LogP) is 3.13. The Hall–Kier alpha value is -0.0800. The molecule has 0 aromatic heterocycles. The molecule has 0 saturated carbocycles. The van der Waals surface area contributed by atoms with Crippen LogP contribution >= 0.6 is 0 Å². The van der Waals surface area contributed by atoms with Gasteiger partial charge in [0.1, 0.15) is 0 Å². The van der Waals surface area contributed by atoms with Gasteiger partial charge in [-0.3, -0.25) is 0 Å². The van der Waals surface area contributed by atoms with E-state index in [-0.39, 0.29) is 6.29 Å². The molecule has 0 aliphatic heterocycles. The van der Waals surface area contributed by atoms with Crippen molar-refractivity contribution in [2.24, 2.45) is 0 Å². The van der Waals surface area contributed by atoms with Crippen LogP contribution in [0.15, 0.2) is 0 Å². The van der Waals surface area contributed by atoms with Gasteiger partial charge in [-0.25, -0.2) is 0 Å². The fourth-order valence-electron chi connectivity index (χ4n) is 1.09. The summed E-state index contributed by atoms with van der Waals surface area (Å²) in [6, 6.07) is 0. The van der Waals surface area contributed by atoms with Crippen LogP contribution in [0.1, 0.15) is 46.5 Å². The molecule has 2 heteroatoms. The lowest BCUT2D eigenvalue weighted by atomic mass is 10.2. The molecule has 2 nitrogen and oxygen atoms in total. The second-order valence-corrected chi connectivity index (χ2v) is 2.75. The smallest absolute Gasteiger partial charge is 0.158 e. The molecule has 0 saturated heterocycles. The van der Waals surface area contributed by atoms with Gasteiger partial charge in [0, 0.05) is 6.61 Å². The van der Waals surface area contributed by atoms with Crippen molar-refractivity contribution in [3.63, 3.8) is 0 Å². The number of hydrogen-bond donors (Lipinski definition) is 0. The predicted molar refractivity (Wildman–Crippen MR) is 50.6 cm³/mol. The average Bonchev–Trinajstić information content (AvgIpc) is 2.06. The molecule has 0 N–H and O–H groups in total.